The maximum atomic E-state index is 12.5. The van der Waals surface area contributed by atoms with Gasteiger partial charge in [0.15, 0.2) is 0 Å². The monoisotopic (exact) mass is 284 g/mol. The summed E-state index contributed by atoms with van der Waals surface area (Å²) in [5.41, 5.74) is 0.606. The van der Waals surface area contributed by atoms with Crippen LogP contribution in [0.3, 0.4) is 0 Å². The number of hydrogen-bond acceptors (Lipinski definition) is 5. The van der Waals surface area contributed by atoms with Gasteiger partial charge in [-0.1, -0.05) is 0 Å². The molecule has 2 fully saturated rings. The number of fused-ring (bicyclic) bond motifs is 1. The molecule has 18 heavy (non-hydrogen) atoms. The number of rotatable bonds is 1. The Morgan fingerprint density at radius 2 is 2.50 bits per heavy atom. The molecule has 1 aromatic rings. The summed E-state index contributed by atoms with van der Waals surface area (Å²) in [7, 11) is 0. The van der Waals surface area contributed by atoms with Crippen molar-refractivity contribution in [2.45, 2.75) is 24.6 Å². The number of carbonyl (C=O) groups is 1. The van der Waals surface area contributed by atoms with E-state index < -0.39 is 0 Å². The molecule has 2 saturated heterocycles. The first-order valence-corrected chi connectivity index (χ1v) is 8.11. The molecule has 3 heterocycles. The molecule has 0 aromatic carbocycles. The summed E-state index contributed by atoms with van der Waals surface area (Å²) in [6.07, 6.45) is 0.951. The van der Waals surface area contributed by atoms with E-state index in [1.54, 1.807) is 0 Å². The molecule has 1 amide bonds. The van der Waals surface area contributed by atoms with E-state index in [-0.39, 0.29) is 5.91 Å². The van der Waals surface area contributed by atoms with E-state index in [0.29, 0.717) is 17.0 Å². The fourth-order valence-electron chi connectivity index (χ4n) is 2.55. The zero-order chi connectivity index (χ0) is 12.5. The molecule has 6 heteroatoms. The molecule has 4 nitrogen and oxygen atoms in total. The van der Waals surface area contributed by atoms with Gasteiger partial charge in [-0.3, -0.25) is 4.79 Å². The molecule has 0 radical (unpaired) electrons. The molecule has 98 valence electrons. The van der Waals surface area contributed by atoms with Gasteiger partial charge in [-0.25, -0.2) is 4.98 Å². The van der Waals surface area contributed by atoms with Crippen LogP contribution in [0.25, 0.3) is 0 Å². The smallest absolute Gasteiger partial charge is 0.273 e. The highest BCUT2D eigenvalue weighted by Crippen LogP contribution is 2.31. The van der Waals surface area contributed by atoms with Crippen molar-refractivity contribution >= 4 is 29.0 Å². The third kappa shape index (κ3) is 2.29. The van der Waals surface area contributed by atoms with Gasteiger partial charge in [-0.15, -0.1) is 11.3 Å². The van der Waals surface area contributed by atoms with E-state index in [1.165, 1.54) is 11.3 Å². The van der Waals surface area contributed by atoms with Gasteiger partial charge in [-0.05, 0) is 13.3 Å². The molecule has 0 unspecified atom stereocenters. The highest BCUT2D eigenvalue weighted by Gasteiger charge is 2.37. The third-order valence-corrected chi connectivity index (χ3v) is 5.50. The zero-order valence-electron chi connectivity index (χ0n) is 10.3. The number of ether oxygens (including phenoxy) is 1. The van der Waals surface area contributed by atoms with Gasteiger partial charge >= 0.3 is 0 Å². The molecular formula is C12H16N2O2S2. The summed E-state index contributed by atoms with van der Waals surface area (Å²) in [6, 6.07) is 0.326. The van der Waals surface area contributed by atoms with Crippen molar-refractivity contribution < 1.29 is 9.53 Å². The van der Waals surface area contributed by atoms with E-state index in [4.69, 9.17) is 4.74 Å². The van der Waals surface area contributed by atoms with Crippen LogP contribution in [0.2, 0.25) is 0 Å². The van der Waals surface area contributed by atoms with E-state index in [0.717, 1.165) is 36.9 Å². The molecule has 1 aromatic heterocycles. The summed E-state index contributed by atoms with van der Waals surface area (Å²) in [5, 5.41) is 3.26. The Morgan fingerprint density at radius 1 is 1.61 bits per heavy atom. The zero-order valence-corrected chi connectivity index (χ0v) is 11.9. The molecule has 2 aliphatic heterocycles. The maximum absolute atomic E-state index is 12.5. The fraction of sp³-hybridized carbons (Fsp3) is 0.667. The Morgan fingerprint density at radius 3 is 3.28 bits per heavy atom. The van der Waals surface area contributed by atoms with Crippen LogP contribution in [0.15, 0.2) is 5.38 Å². The molecular weight excluding hydrogens is 268 g/mol. The fourth-order valence-corrected chi connectivity index (χ4v) is 4.43. The van der Waals surface area contributed by atoms with Crippen molar-refractivity contribution in [3.8, 4) is 0 Å². The van der Waals surface area contributed by atoms with Gasteiger partial charge in [0.25, 0.3) is 5.91 Å². The average molecular weight is 284 g/mol. The van der Waals surface area contributed by atoms with Crippen LogP contribution in [-0.4, -0.2) is 52.6 Å². The lowest BCUT2D eigenvalue weighted by atomic mass is 10.1. The second kappa shape index (κ2) is 5.19. The van der Waals surface area contributed by atoms with E-state index >= 15 is 0 Å². The lowest BCUT2D eigenvalue weighted by Crippen LogP contribution is -2.54. The number of amides is 1. The summed E-state index contributed by atoms with van der Waals surface area (Å²) in [6.45, 7) is 4.31. The van der Waals surface area contributed by atoms with Crippen molar-refractivity contribution in [1.29, 1.82) is 0 Å². The molecule has 0 aliphatic carbocycles. The number of thiazole rings is 1. The lowest BCUT2D eigenvalue weighted by Gasteiger charge is -2.43. The normalized spacial score (nSPS) is 27.9. The molecule has 0 bridgehead atoms. The second-order valence-corrected chi connectivity index (χ2v) is 7.00. The number of carbonyl (C=O) groups excluding carboxylic acids is 1. The number of thioether (sulfide) groups is 1. The predicted molar refractivity (Wildman–Crippen MR) is 73.4 cm³/mol. The minimum atomic E-state index is 0.0940. The first kappa shape index (κ1) is 12.4. The van der Waals surface area contributed by atoms with Gasteiger partial charge in [0.1, 0.15) is 5.69 Å². The molecule has 2 aliphatic rings. The van der Waals surface area contributed by atoms with Crippen molar-refractivity contribution in [3.05, 3.63) is 16.1 Å². The van der Waals surface area contributed by atoms with Crippen molar-refractivity contribution in [1.82, 2.24) is 9.88 Å². The van der Waals surface area contributed by atoms with Gasteiger partial charge in [0.2, 0.25) is 0 Å². The van der Waals surface area contributed by atoms with Crippen molar-refractivity contribution in [3.63, 3.8) is 0 Å². The van der Waals surface area contributed by atoms with Crippen LogP contribution in [0.1, 0.15) is 21.9 Å². The quantitative estimate of drug-likeness (QED) is 0.788. The van der Waals surface area contributed by atoms with Crippen LogP contribution >= 0.6 is 23.1 Å². The SMILES string of the molecule is Cc1nc(C(=O)N2CCS[C@H]3COCC[C@H]32)cs1. The summed E-state index contributed by atoms with van der Waals surface area (Å²) in [4.78, 5) is 18.8. The summed E-state index contributed by atoms with van der Waals surface area (Å²) in [5.74, 6) is 1.09. The Labute approximate surface area is 115 Å². The standard InChI is InChI=1S/C12H16N2O2S2/c1-8-13-9(7-18-8)12(15)14-3-5-17-11-6-16-4-2-10(11)14/h7,10-11H,2-6H2,1H3/t10-,11+/m1/s1. The topological polar surface area (TPSA) is 42.4 Å². The largest absolute Gasteiger partial charge is 0.380 e. The minimum absolute atomic E-state index is 0.0940. The number of hydrogen-bond donors (Lipinski definition) is 0. The van der Waals surface area contributed by atoms with Gasteiger partial charge in [0, 0.05) is 35.6 Å². The average Bonchev–Trinajstić information content (AvgIpc) is 2.84. The number of aryl methyl sites for hydroxylation is 1. The minimum Gasteiger partial charge on any atom is -0.380 e. The summed E-state index contributed by atoms with van der Waals surface area (Å²) >= 11 is 3.47. The number of aromatic nitrogens is 1. The highest BCUT2D eigenvalue weighted by atomic mass is 32.2. The maximum Gasteiger partial charge on any atom is 0.273 e. The summed E-state index contributed by atoms with van der Waals surface area (Å²) < 4.78 is 5.50. The predicted octanol–water partition coefficient (Wildman–Crippen LogP) is 1.80. The van der Waals surface area contributed by atoms with Crippen molar-refractivity contribution in [2.24, 2.45) is 0 Å². The van der Waals surface area contributed by atoms with Crippen LogP contribution < -0.4 is 0 Å². The van der Waals surface area contributed by atoms with Crippen LogP contribution in [0, 0.1) is 6.92 Å². The van der Waals surface area contributed by atoms with Gasteiger partial charge < -0.3 is 9.64 Å². The van der Waals surface area contributed by atoms with Gasteiger partial charge in [0.05, 0.1) is 11.6 Å². The Balaban J connectivity index is 1.79. The van der Waals surface area contributed by atoms with Crippen LogP contribution in [-0.2, 0) is 4.74 Å². The second-order valence-electron chi connectivity index (χ2n) is 4.59. The van der Waals surface area contributed by atoms with E-state index in [9.17, 15) is 4.79 Å². The van der Waals surface area contributed by atoms with Gasteiger partial charge in [-0.2, -0.15) is 11.8 Å². The van der Waals surface area contributed by atoms with Crippen LogP contribution in [0.4, 0.5) is 0 Å². The molecule has 0 spiro atoms. The third-order valence-electron chi connectivity index (χ3n) is 3.43. The Kier molecular flexibility index (Phi) is 3.59. The lowest BCUT2D eigenvalue weighted by molar-refractivity contribution is 0.0316. The number of nitrogens with zero attached hydrogens (tertiary/aromatic N) is 2. The molecule has 0 N–H and O–H groups in total. The molecule has 3 rings (SSSR count). The van der Waals surface area contributed by atoms with Crippen molar-refractivity contribution in [2.75, 3.05) is 25.5 Å². The first-order valence-electron chi connectivity index (χ1n) is 6.18. The molecule has 0 saturated carbocycles. The first-order chi connectivity index (χ1) is 8.75. The van der Waals surface area contributed by atoms with Crippen LogP contribution in [0.5, 0.6) is 0 Å². The van der Waals surface area contributed by atoms with E-state index in [1.807, 2.05) is 29.0 Å². The highest BCUT2D eigenvalue weighted by molar-refractivity contribution is 8.00. The Hall–Kier alpha value is -0.590. The van der Waals surface area contributed by atoms with E-state index in [2.05, 4.69) is 4.98 Å². The Bertz CT molecular complexity index is 447. The molecule has 2 atom stereocenters.